The summed E-state index contributed by atoms with van der Waals surface area (Å²) in [5.74, 6) is 1.10. The number of aryl methyl sites for hydroxylation is 1. The topological polar surface area (TPSA) is 73.0 Å². The van der Waals surface area contributed by atoms with Gasteiger partial charge >= 0.3 is 0 Å². The maximum absolute atomic E-state index is 12.3. The molecule has 3 aromatic rings. The summed E-state index contributed by atoms with van der Waals surface area (Å²) in [7, 11) is 0. The maximum Gasteiger partial charge on any atom is 0.273 e. The average Bonchev–Trinajstić information content (AvgIpc) is 3.44. The number of rotatable bonds is 7. The molecular formula is C22H26N4O2. The SMILES string of the molecule is O=C(NCCCn1ccnc1)c1cc(-c2ccc(C3CCCCC3)cc2)on1. The van der Waals surface area contributed by atoms with Gasteiger partial charge in [0.15, 0.2) is 11.5 Å². The summed E-state index contributed by atoms with van der Waals surface area (Å²) >= 11 is 0. The van der Waals surface area contributed by atoms with Crippen LogP contribution in [-0.4, -0.2) is 27.2 Å². The normalized spacial score (nSPS) is 14.9. The Labute approximate surface area is 165 Å². The quantitative estimate of drug-likeness (QED) is 0.618. The van der Waals surface area contributed by atoms with Gasteiger partial charge in [-0.2, -0.15) is 0 Å². The standard InChI is InChI=1S/C22H26N4O2/c27-22(24-11-4-13-26-14-12-23-16-26)20-15-21(28-25-20)19-9-7-18(8-10-19)17-5-2-1-3-6-17/h7-10,12,14-17H,1-6,11,13H2,(H,24,27). The smallest absolute Gasteiger partial charge is 0.273 e. The van der Waals surface area contributed by atoms with Crippen molar-refractivity contribution in [2.75, 3.05) is 6.54 Å². The van der Waals surface area contributed by atoms with E-state index in [4.69, 9.17) is 4.52 Å². The molecule has 0 bridgehead atoms. The first-order chi connectivity index (χ1) is 13.8. The molecule has 0 saturated heterocycles. The number of nitrogens with zero attached hydrogens (tertiary/aromatic N) is 3. The number of aromatic nitrogens is 3. The van der Waals surface area contributed by atoms with Crippen LogP contribution in [0.1, 0.15) is 60.5 Å². The van der Waals surface area contributed by atoms with Crippen LogP contribution >= 0.6 is 0 Å². The molecule has 4 rings (SSSR count). The maximum atomic E-state index is 12.3. The Morgan fingerprint density at radius 2 is 2.00 bits per heavy atom. The lowest BCUT2D eigenvalue weighted by Gasteiger charge is -2.21. The zero-order valence-electron chi connectivity index (χ0n) is 16.0. The number of carbonyl (C=O) groups excluding carboxylic acids is 1. The van der Waals surface area contributed by atoms with Gasteiger partial charge in [-0.15, -0.1) is 0 Å². The number of hydrogen-bond acceptors (Lipinski definition) is 4. The fourth-order valence-corrected chi connectivity index (χ4v) is 3.85. The number of hydrogen-bond donors (Lipinski definition) is 1. The molecule has 2 aromatic heterocycles. The van der Waals surface area contributed by atoms with Crippen LogP contribution in [-0.2, 0) is 6.54 Å². The van der Waals surface area contributed by atoms with Gasteiger partial charge in [-0.3, -0.25) is 4.79 Å². The first-order valence-corrected chi connectivity index (χ1v) is 10.1. The van der Waals surface area contributed by atoms with Crippen molar-refractivity contribution in [3.63, 3.8) is 0 Å². The van der Waals surface area contributed by atoms with Crippen LogP contribution in [0.4, 0.5) is 0 Å². The van der Waals surface area contributed by atoms with E-state index in [1.807, 2.05) is 10.8 Å². The monoisotopic (exact) mass is 378 g/mol. The summed E-state index contributed by atoms with van der Waals surface area (Å²) in [5, 5.41) is 6.81. The van der Waals surface area contributed by atoms with Gasteiger partial charge < -0.3 is 14.4 Å². The first kappa shape index (κ1) is 18.5. The Hall–Kier alpha value is -2.89. The summed E-state index contributed by atoms with van der Waals surface area (Å²) in [6.07, 6.45) is 12.8. The van der Waals surface area contributed by atoms with Crippen LogP contribution < -0.4 is 5.32 Å². The minimum Gasteiger partial charge on any atom is -0.355 e. The van der Waals surface area contributed by atoms with E-state index in [0.717, 1.165) is 18.5 Å². The van der Waals surface area contributed by atoms with E-state index in [0.29, 0.717) is 23.9 Å². The highest BCUT2D eigenvalue weighted by Gasteiger charge is 2.17. The Balaban J connectivity index is 1.31. The van der Waals surface area contributed by atoms with E-state index < -0.39 is 0 Å². The van der Waals surface area contributed by atoms with Crippen molar-refractivity contribution >= 4 is 5.91 Å². The average molecular weight is 378 g/mol. The molecule has 1 N–H and O–H groups in total. The second-order valence-corrected chi connectivity index (χ2v) is 7.44. The van der Waals surface area contributed by atoms with E-state index in [9.17, 15) is 4.79 Å². The molecule has 1 aromatic carbocycles. The van der Waals surface area contributed by atoms with Gasteiger partial charge in [0.25, 0.3) is 5.91 Å². The Kier molecular flexibility index (Phi) is 5.85. The molecule has 6 heteroatoms. The Morgan fingerprint density at radius 3 is 2.75 bits per heavy atom. The molecule has 6 nitrogen and oxygen atoms in total. The summed E-state index contributed by atoms with van der Waals surface area (Å²) < 4.78 is 7.38. The summed E-state index contributed by atoms with van der Waals surface area (Å²) in [5.41, 5.74) is 2.67. The molecule has 0 spiro atoms. The largest absolute Gasteiger partial charge is 0.355 e. The lowest BCUT2D eigenvalue weighted by atomic mass is 9.84. The predicted molar refractivity (Wildman–Crippen MR) is 107 cm³/mol. The van der Waals surface area contributed by atoms with Crippen LogP contribution in [0, 0.1) is 0 Å². The molecular weight excluding hydrogens is 352 g/mol. The fourth-order valence-electron chi connectivity index (χ4n) is 3.85. The molecule has 1 fully saturated rings. The van der Waals surface area contributed by atoms with Crippen molar-refractivity contribution in [2.45, 2.75) is 51.0 Å². The molecule has 1 aliphatic carbocycles. The highest BCUT2D eigenvalue weighted by molar-refractivity contribution is 5.93. The van der Waals surface area contributed by atoms with Crippen LogP contribution in [0.25, 0.3) is 11.3 Å². The molecule has 28 heavy (non-hydrogen) atoms. The number of amides is 1. The van der Waals surface area contributed by atoms with Crippen molar-refractivity contribution < 1.29 is 9.32 Å². The van der Waals surface area contributed by atoms with Crippen LogP contribution in [0.2, 0.25) is 0 Å². The molecule has 0 atom stereocenters. The van der Waals surface area contributed by atoms with Gasteiger partial charge in [0, 0.05) is 37.1 Å². The summed E-state index contributed by atoms with van der Waals surface area (Å²) in [4.78, 5) is 16.3. The van der Waals surface area contributed by atoms with Crippen molar-refractivity contribution in [3.05, 3.63) is 60.3 Å². The van der Waals surface area contributed by atoms with Crippen LogP contribution in [0.5, 0.6) is 0 Å². The molecule has 0 radical (unpaired) electrons. The molecule has 1 saturated carbocycles. The minimum absolute atomic E-state index is 0.209. The summed E-state index contributed by atoms with van der Waals surface area (Å²) in [6.45, 7) is 1.40. The van der Waals surface area contributed by atoms with Crippen molar-refractivity contribution in [1.82, 2.24) is 20.0 Å². The third kappa shape index (κ3) is 4.50. The summed E-state index contributed by atoms with van der Waals surface area (Å²) in [6, 6.07) is 10.2. The Bertz CT molecular complexity index is 878. The zero-order valence-corrected chi connectivity index (χ0v) is 16.0. The number of carbonyl (C=O) groups is 1. The van der Waals surface area contributed by atoms with Gasteiger partial charge in [0.05, 0.1) is 6.33 Å². The lowest BCUT2D eigenvalue weighted by Crippen LogP contribution is -2.25. The van der Waals surface area contributed by atoms with Crippen molar-refractivity contribution in [2.24, 2.45) is 0 Å². The zero-order chi connectivity index (χ0) is 19.2. The fraction of sp³-hybridized carbons (Fsp3) is 0.409. The number of imidazole rings is 1. The predicted octanol–water partition coefficient (Wildman–Crippen LogP) is 4.41. The second-order valence-electron chi connectivity index (χ2n) is 7.44. The van der Waals surface area contributed by atoms with E-state index in [1.165, 1.54) is 37.7 Å². The first-order valence-electron chi connectivity index (χ1n) is 10.1. The van der Waals surface area contributed by atoms with E-state index >= 15 is 0 Å². The van der Waals surface area contributed by atoms with Gasteiger partial charge in [-0.25, -0.2) is 4.98 Å². The van der Waals surface area contributed by atoms with Crippen LogP contribution in [0.15, 0.2) is 53.6 Å². The molecule has 1 aliphatic rings. The third-order valence-electron chi connectivity index (χ3n) is 5.45. The number of benzene rings is 1. The molecule has 0 aliphatic heterocycles. The molecule has 146 valence electrons. The third-order valence-corrected chi connectivity index (χ3v) is 5.45. The minimum atomic E-state index is -0.209. The van der Waals surface area contributed by atoms with E-state index in [-0.39, 0.29) is 5.91 Å². The lowest BCUT2D eigenvalue weighted by molar-refractivity contribution is 0.0944. The molecule has 2 heterocycles. The van der Waals surface area contributed by atoms with E-state index in [2.05, 4.69) is 39.7 Å². The van der Waals surface area contributed by atoms with Gasteiger partial charge in [-0.1, -0.05) is 48.7 Å². The van der Waals surface area contributed by atoms with Crippen molar-refractivity contribution in [1.29, 1.82) is 0 Å². The van der Waals surface area contributed by atoms with Crippen molar-refractivity contribution in [3.8, 4) is 11.3 Å². The van der Waals surface area contributed by atoms with Gasteiger partial charge in [-0.05, 0) is 30.7 Å². The Morgan fingerprint density at radius 1 is 1.18 bits per heavy atom. The number of nitrogens with one attached hydrogen (secondary N) is 1. The van der Waals surface area contributed by atoms with E-state index in [1.54, 1.807) is 18.6 Å². The van der Waals surface area contributed by atoms with Gasteiger partial charge in [0.1, 0.15) is 0 Å². The van der Waals surface area contributed by atoms with Crippen LogP contribution in [0.3, 0.4) is 0 Å². The highest BCUT2D eigenvalue weighted by Crippen LogP contribution is 2.33. The molecule has 1 amide bonds. The highest BCUT2D eigenvalue weighted by atomic mass is 16.5. The van der Waals surface area contributed by atoms with Gasteiger partial charge in [0.2, 0.25) is 0 Å². The second kappa shape index (κ2) is 8.87. The molecule has 0 unspecified atom stereocenters.